The van der Waals surface area contributed by atoms with Crippen LogP contribution in [0.3, 0.4) is 0 Å². The van der Waals surface area contributed by atoms with E-state index in [4.69, 9.17) is 0 Å². The van der Waals surface area contributed by atoms with Crippen molar-refractivity contribution >= 4 is 6.09 Å². The number of amides is 1. The predicted octanol–water partition coefficient (Wildman–Crippen LogP) is 2.08. The zero-order valence-electron chi connectivity index (χ0n) is 7.28. The molecule has 13 heavy (non-hydrogen) atoms. The molecule has 3 nitrogen and oxygen atoms in total. The number of ether oxygens (including phenoxy) is 1. The average molecular weight is 199 g/mol. The number of nitrogens with one attached hydrogen (secondary N) is 1. The lowest BCUT2D eigenvalue weighted by atomic mass is 10.3. The number of alkyl carbamates (subject to hydrolysis) is 1. The minimum absolute atomic E-state index is 0.248. The molecule has 6 heteroatoms. The summed E-state index contributed by atoms with van der Waals surface area (Å²) < 4.78 is 39.0. The Balaban J connectivity index is 3.62. The number of halogens is 3. The predicted molar refractivity (Wildman–Crippen MR) is 40.3 cm³/mol. The van der Waals surface area contributed by atoms with E-state index in [0.717, 1.165) is 6.42 Å². The van der Waals surface area contributed by atoms with E-state index in [9.17, 15) is 18.0 Å². The smallest absolute Gasteiger partial charge is 0.382 e. The highest BCUT2D eigenvalue weighted by Gasteiger charge is 2.33. The Morgan fingerprint density at radius 2 is 2.15 bits per heavy atom. The van der Waals surface area contributed by atoms with E-state index in [0.29, 0.717) is 6.42 Å². The van der Waals surface area contributed by atoms with Crippen molar-refractivity contribution in [1.82, 2.24) is 5.32 Å². The van der Waals surface area contributed by atoms with Crippen molar-refractivity contribution in [2.45, 2.75) is 25.9 Å². The molecule has 0 aliphatic heterocycles. The van der Waals surface area contributed by atoms with Crippen molar-refractivity contribution in [2.24, 2.45) is 0 Å². The van der Waals surface area contributed by atoms with E-state index in [1.54, 1.807) is 0 Å². The van der Waals surface area contributed by atoms with Gasteiger partial charge in [-0.05, 0) is 6.42 Å². The van der Waals surface area contributed by atoms with Crippen LogP contribution >= 0.6 is 0 Å². The average Bonchev–Trinajstić information content (AvgIpc) is 2.04. The normalized spacial score (nSPS) is 11.1. The third-order valence-corrected chi connectivity index (χ3v) is 1.20. The van der Waals surface area contributed by atoms with E-state index in [1.807, 2.05) is 6.92 Å². The summed E-state index contributed by atoms with van der Waals surface area (Å²) in [6.07, 6.45) is -3.83. The van der Waals surface area contributed by atoms with Gasteiger partial charge in [0.05, 0.1) is 0 Å². The highest BCUT2D eigenvalue weighted by molar-refractivity contribution is 5.67. The zero-order valence-corrected chi connectivity index (χ0v) is 7.28. The third kappa shape index (κ3) is 6.24. The van der Waals surface area contributed by atoms with Gasteiger partial charge in [0.1, 0.15) is 0 Å². The fourth-order valence-electron chi connectivity index (χ4n) is 0.566. The Morgan fingerprint density at radius 1 is 1.54 bits per heavy atom. The van der Waals surface area contributed by atoms with Crippen molar-refractivity contribution < 1.29 is 22.7 Å². The molecule has 0 radical (unpaired) electrons. The Bertz CT molecular complexity index is 164. The summed E-state index contributed by atoms with van der Waals surface area (Å²) in [5, 5.41) is 2.07. The molecule has 0 aromatic carbocycles. The molecule has 0 heterocycles. The first-order valence-electron chi connectivity index (χ1n) is 3.92. The molecule has 0 unspecified atom stereocenters. The maximum atomic E-state index is 12.1. The second-order valence-electron chi connectivity index (χ2n) is 2.44. The van der Waals surface area contributed by atoms with Gasteiger partial charge in [-0.1, -0.05) is 13.3 Å². The molecule has 0 saturated carbocycles. The Kier molecular flexibility index (Phi) is 5.25. The van der Waals surface area contributed by atoms with Crippen molar-refractivity contribution in [1.29, 1.82) is 0 Å². The van der Waals surface area contributed by atoms with Gasteiger partial charge >= 0.3 is 12.2 Å². The van der Waals surface area contributed by atoms with Gasteiger partial charge < -0.3 is 10.1 Å². The molecule has 0 fully saturated rings. The summed E-state index contributed by atoms with van der Waals surface area (Å²) in [4.78, 5) is 10.5. The molecule has 0 aromatic heterocycles. The van der Waals surface area contributed by atoms with E-state index >= 15 is 0 Å². The first-order valence-corrected chi connectivity index (χ1v) is 3.92. The quantitative estimate of drug-likeness (QED) is 0.688. The van der Waals surface area contributed by atoms with Gasteiger partial charge in [0.15, 0.2) is 6.67 Å². The van der Waals surface area contributed by atoms with Gasteiger partial charge in [-0.3, -0.25) is 0 Å². The van der Waals surface area contributed by atoms with E-state index in [-0.39, 0.29) is 6.54 Å². The molecule has 78 valence electrons. The monoisotopic (exact) mass is 199 g/mol. The van der Waals surface area contributed by atoms with Crippen LogP contribution in [0.5, 0.6) is 0 Å². The molecule has 0 spiro atoms. The van der Waals surface area contributed by atoms with Crippen LogP contribution in [0.25, 0.3) is 0 Å². The number of hydrogen-bond acceptors (Lipinski definition) is 2. The van der Waals surface area contributed by atoms with Gasteiger partial charge in [-0.25, -0.2) is 9.18 Å². The first kappa shape index (κ1) is 12.1. The second-order valence-corrected chi connectivity index (χ2v) is 2.44. The molecule has 1 amide bonds. The van der Waals surface area contributed by atoms with E-state index in [2.05, 4.69) is 10.1 Å². The molecular formula is C7H12F3NO2. The zero-order chi connectivity index (χ0) is 10.3. The van der Waals surface area contributed by atoms with Crippen LogP contribution in [-0.2, 0) is 4.74 Å². The molecule has 0 bridgehead atoms. The number of carbonyl (C=O) groups excluding carboxylic acids is 1. The molecular weight excluding hydrogens is 187 g/mol. The minimum atomic E-state index is -4.02. The van der Waals surface area contributed by atoms with Gasteiger partial charge in [-0.15, -0.1) is 0 Å². The standard InChI is InChI=1S/C7H12F3NO2/c1-2-3-4-11-6(12)13-7(9,10)5-8/h2-5H2,1H3,(H,11,12). The van der Waals surface area contributed by atoms with Crippen molar-refractivity contribution in [2.75, 3.05) is 13.2 Å². The number of hydrogen-bond donors (Lipinski definition) is 1. The molecule has 0 aliphatic rings. The number of rotatable bonds is 5. The van der Waals surface area contributed by atoms with Gasteiger partial charge in [0, 0.05) is 6.54 Å². The Labute approximate surface area is 74.3 Å². The summed E-state index contributed by atoms with van der Waals surface area (Å²) in [6.45, 7) is 0.120. The Hall–Kier alpha value is -0.940. The highest BCUT2D eigenvalue weighted by Crippen LogP contribution is 2.15. The number of unbranched alkanes of at least 4 members (excludes halogenated alkanes) is 1. The van der Waals surface area contributed by atoms with Gasteiger partial charge in [0.2, 0.25) is 0 Å². The van der Waals surface area contributed by atoms with Crippen LogP contribution in [0.2, 0.25) is 0 Å². The largest absolute Gasteiger partial charge is 0.430 e. The maximum absolute atomic E-state index is 12.1. The summed E-state index contributed by atoms with van der Waals surface area (Å²) in [7, 11) is 0. The SMILES string of the molecule is CCCCNC(=O)OC(F)(F)CF. The fourth-order valence-corrected chi connectivity index (χ4v) is 0.566. The molecule has 0 aliphatic carbocycles. The van der Waals surface area contributed by atoms with Crippen molar-refractivity contribution in [3.8, 4) is 0 Å². The van der Waals surface area contributed by atoms with Gasteiger partial charge in [-0.2, -0.15) is 8.78 Å². The van der Waals surface area contributed by atoms with Gasteiger partial charge in [0.25, 0.3) is 0 Å². The van der Waals surface area contributed by atoms with Crippen LogP contribution in [0, 0.1) is 0 Å². The second kappa shape index (κ2) is 5.66. The maximum Gasteiger partial charge on any atom is 0.430 e. The minimum Gasteiger partial charge on any atom is -0.382 e. The summed E-state index contributed by atoms with van der Waals surface area (Å²) in [5.74, 6) is 0. The topological polar surface area (TPSA) is 38.3 Å². The van der Waals surface area contributed by atoms with Crippen molar-refractivity contribution in [3.05, 3.63) is 0 Å². The lowest BCUT2D eigenvalue weighted by Crippen LogP contribution is -2.34. The first-order chi connectivity index (χ1) is 6.02. The van der Waals surface area contributed by atoms with Crippen molar-refractivity contribution in [3.63, 3.8) is 0 Å². The van der Waals surface area contributed by atoms with Crippen LogP contribution in [0.4, 0.5) is 18.0 Å². The summed E-state index contributed by atoms with van der Waals surface area (Å²) in [5.41, 5.74) is 0. The lowest BCUT2D eigenvalue weighted by Gasteiger charge is -2.12. The van der Waals surface area contributed by atoms with Crippen LogP contribution < -0.4 is 5.32 Å². The van der Waals surface area contributed by atoms with Crippen LogP contribution in [-0.4, -0.2) is 25.4 Å². The van der Waals surface area contributed by atoms with Crippen LogP contribution in [0.15, 0.2) is 0 Å². The Morgan fingerprint density at radius 3 is 2.62 bits per heavy atom. The molecule has 0 atom stereocenters. The lowest BCUT2D eigenvalue weighted by molar-refractivity contribution is -0.207. The number of alkyl halides is 3. The molecule has 0 aromatic rings. The highest BCUT2D eigenvalue weighted by atomic mass is 19.3. The van der Waals surface area contributed by atoms with E-state index in [1.165, 1.54) is 0 Å². The number of carbonyl (C=O) groups is 1. The van der Waals surface area contributed by atoms with Crippen LogP contribution in [0.1, 0.15) is 19.8 Å². The molecule has 0 saturated heterocycles. The molecule has 0 rings (SSSR count). The molecule has 1 N–H and O–H groups in total. The third-order valence-electron chi connectivity index (χ3n) is 1.20. The summed E-state index contributed by atoms with van der Waals surface area (Å²) in [6, 6.07) is 0. The summed E-state index contributed by atoms with van der Waals surface area (Å²) >= 11 is 0. The fraction of sp³-hybridized carbons (Fsp3) is 0.857. The van der Waals surface area contributed by atoms with E-state index < -0.39 is 18.9 Å².